The van der Waals surface area contributed by atoms with E-state index >= 15 is 0 Å². The predicted molar refractivity (Wildman–Crippen MR) is 61.2 cm³/mol. The van der Waals surface area contributed by atoms with E-state index in [0.717, 1.165) is 37.6 Å². The molecule has 1 N–H and O–H groups in total. The number of piperazine rings is 1. The van der Waals surface area contributed by atoms with Gasteiger partial charge in [-0.3, -0.25) is 0 Å². The summed E-state index contributed by atoms with van der Waals surface area (Å²) in [5.41, 5.74) is 1.37. The monoisotopic (exact) mass is 208 g/mol. The van der Waals surface area contributed by atoms with Crippen molar-refractivity contribution < 1.29 is 4.42 Å². The summed E-state index contributed by atoms with van der Waals surface area (Å²) >= 11 is 0. The molecule has 1 aromatic heterocycles. The molecule has 0 atom stereocenters. The molecule has 1 aliphatic heterocycles. The molecule has 3 nitrogen and oxygen atoms in total. The minimum atomic E-state index is 1.03. The second kappa shape index (κ2) is 4.81. The molecule has 1 fully saturated rings. The van der Waals surface area contributed by atoms with Crippen LogP contribution >= 0.6 is 0 Å². The van der Waals surface area contributed by atoms with Crippen molar-refractivity contribution in [2.24, 2.45) is 0 Å². The zero-order valence-corrected chi connectivity index (χ0v) is 9.68. The third-order valence-corrected chi connectivity index (χ3v) is 3.05. The van der Waals surface area contributed by atoms with Gasteiger partial charge in [0.15, 0.2) is 0 Å². The molecule has 0 bridgehead atoms. The Balaban J connectivity index is 1.84. The van der Waals surface area contributed by atoms with Gasteiger partial charge < -0.3 is 14.6 Å². The standard InChI is InChI=1S/C12H20N2O/c1-10-9-12(11(2)15-10)3-6-14-7-4-13-5-8-14/h9,13H,3-8H2,1-2H3. The van der Waals surface area contributed by atoms with Gasteiger partial charge in [0.05, 0.1) is 0 Å². The molecular formula is C12H20N2O. The lowest BCUT2D eigenvalue weighted by Gasteiger charge is -2.26. The Bertz CT molecular complexity index is 313. The largest absolute Gasteiger partial charge is 0.466 e. The van der Waals surface area contributed by atoms with Crippen molar-refractivity contribution in [2.75, 3.05) is 32.7 Å². The molecule has 1 saturated heterocycles. The van der Waals surface area contributed by atoms with Gasteiger partial charge in [-0.15, -0.1) is 0 Å². The number of aryl methyl sites for hydroxylation is 2. The Morgan fingerprint density at radius 3 is 2.67 bits per heavy atom. The van der Waals surface area contributed by atoms with Crippen LogP contribution in [0.1, 0.15) is 17.1 Å². The van der Waals surface area contributed by atoms with Gasteiger partial charge in [0.1, 0.15) is 11.5 Å². The van der Waals surface area contributed by atoms with Crippen molar-refractivity contribution in [1.29, 1.82) is 0 Å². The summed E-state index contributed by atoms with van der Waals surface area (Å²) in [5, 5.41) is 3.37. The van der Waals surface area contributed by atoms with Gasteiger partial charge in [-0.1, -0.05) is 0 Å². The highest BCUT2D eigenvalue weighted by molar-refractivity contribution is 5.20. The summed E-state index contributed by atoms with van der Waals surface area (Å²) in [7, 11) is 0. The van der Waals surface area contributed by atoms with Crippen molar-refractivity contribution in [3.63, 3.8) is 0 Å². The van der Waals surface area contributed by atoms with E-state index in [1.807, 2.05) is 6.92 Å². The Morgan fingerprint density at radius 1 is 1.33 bits per heavy atom. The lowest BCUT2D eigenvalue weighted by atomic mass is 10.1. The highest BCUT2D eigenvalue weighted by Crippen LogP contribution is 2.14. The zero-order valence-electron chi connectivity index (χ0n) is 9.68. The van der Waals surface area contributed by atoms with E-state index in [2.05, 4.69) is 23.2 Å². The van der Waals surface area contributed by atoms with E-state index in [1.54, 1.807) is 0 Å². The molecule has 15 heavy (non-hydrogen) atoms. The summed E-state index contributed by atoms with van der Waals surface area (Å²) in [6.07, 6.45) is 1.11. The maximum Gasteiger partial charge on any atom is 0.104 e. The minimum Gasteiger partial charge on any atom is -0.466 e. The minimum absolute atomic E-state index is 1.03. The Morgan fingerprint density at radius 2 is 2.07 bits per heavy atom. The predicted octanol–water partition coefficient (Wildman–Crippen LogP) is 1.34. The number of furan rings is 1. The van der Waals surface area contributed by atoms with Crippen LogP contribution in [0.3, 0.4) is 0 Å². The smallest absolute Gasteiger partial charge is 0.104 e. The molecule has 2 rings (SSSR count). The second-order valence-electron chi connectivity index (χ2n) is 4.28. The first-order valence-electron chi connectivity index (χ1n) is 5.74. The van der Waals surface area contributed by atoms with E-state index in [4.69, 9.17) is 4.42 Å². The third kappa shape index (κ3) is 2.83. The summed E-state index contributed by atoms with van der Waals surface area (Å²) in [6, 6.07) is 2.16. The average Bonchev–Trinajstić information content (AvgIpc) is 2.56. The van der Waals surface area contributed by atoms with E-state index in [-0.39, 0.29) is 0 Å². The molecule has 0 saturated carbocycles. The Kier molecular flexibility index (Phi) is 3.44. The molecule has 0 radical (unpaired) electrons. The third-order valence-electron chi connectivity index (χ3n) is 3.05. The van der Waals surface area contributed by atoms with Gasteiger partial charge in [-0.2, -0.15) is 0 Å². The summed E-state index contributed by atoms with van der Waals surface area (Å²) in [4.78, 5) is 2.51. The van der Waals surface area contributed by atoms with Gasteiger partial charge in [0, 0.05) is 32.7 Å². The molecule has 3 heteroatoms. The van der Waals surface area contributed by atoms with Crippen LogP contribution in [0, 0.1) is 13.8 Å². The van der Waals surface area contributed by atoms with Crippen molar-refractivity contribution in [3.05, 3.63) is 23.2 Å². The molecule has 0 aliphatic carbocycles. The molecule has 0 aromatic carbocycles. The van der Waals surface area contributed by atoms with E-state index < -0.39 is 0 Å². The van der Waals surface area contributed by atoms with Crippen molar-refractivity contribution in [1.82, 2.24) is 10.2 Å². The van der Waals surface area contributed by atoms with Crippen molar-refractivity contribution >= 4 is 0 Å². The normalized spacial score (nSPS) is 18.3. The fraction of sp³-hybridized carbons (Fsp3) is 0.667. The number of hydrogen-bond donors (Lipinski definition) is 1. The van der Waals surface area contributed by atoms with Crippen molar-refractivity contribution in [3.8, 4) is 0 Å². The molecule has 0 spiro atoms. The van der Waals surface area contributed by atoms with Gasteiger partial charge in [0.2, 0.25) is 0 Å². The van der Waals surface area contributed by atoms with Crippen LogP contribution in [0.25, 0.3) is 0 Å². The van der Waals surface area contributed by atoms with Crippen LogP contribution in [-0.4, -0.2) is 37.6 Å². The maximum absolute atomic E-state index is 5.52. The topological polar surface area (TPSA) is 28.4 Å². The molecule has 84 valence electrons. The van der Waals surface area contributed by atoms with Crippen LogP contribution in [-0.2, 0) is 6.42 Å². The highest BCUT2D eigenvalue weighted by Gasteiger charge is 2.11. The number of hydrogen-bond acceptors (Lipinski definition) is 3. The first-order chi connectivity index (χ1) is 7.25. The summed E-state index contributed by atoms with van der Waals surface area (Å²) in [5.74, 6) is 2.12. The van der Waals surface area contributed by atoms with E-state index in [9.17, 15) is 0 Å². The van der Waals surface area contributed by atoms with Crippen LogP contribution in [0.5, 0.6) is 0 Å². The fourth-order valence-corrected chi connectivity index (χ4v) is 2.15. The van der Waals surface area contributed by atoms with Crippen molar-refractivity contribution in [2.45, 2.75) is 20.3 Å². The number of rotatable bonds is 3. The zero-order chi connectivity index (χ0) is 10.7. The molecule has 1 aromatic rings. The molecular weight excluding hydrogens is 188 g/mol. The highest BCUT2D eigenvalue weighted by atomic mass is 16.3. The molecule has 2 heterocycles. The van der Waals surface area contributed by atoms with Gasteiger partial charge in [-0.25, -0.2) is 0 Å². The van der Waals surface area contributed by atoms with E-state index in [1.165, 1.54) is 18.7 Å². The van der Waals surface area contributed by atoms with Gasteiger partial charge >= 0.3 is 0 Å². The number of nitrogens with zero attached hydrogens (tertiary/aromatic N) is 1. The molecule has 0 amide bonds. The summed E-state index contributed by atoms with van der Waals surface area (Å²) in [6.45, 7) is 9.83. The average molecular weight is 208 g/mol. The van der Waals surface area contributed by atoms with Crippen LogP contribution in [0.2, 0.25) is 0 Å². The molecule has 0 unspecified atom stereocenters. The second-order valence-corrected chi connectivity index (χ2v) is 4.28. The first kappa shape index (κ1) is 10.7. The van der Waals surface area contributed by atoms with Gasteiger partial charge in [-0.05, 0) is 31.9 Å². The van der Waals surface area contributed by atoms with Crippen LogP contribution < -0.4 is 5.32 Å². The summed E-state index contributed by atoms with van der Waals surface area (Å²) < 4.78 is 5.52. The SMILES string of the molecule is Cc1cc(CCN2CCNCC2)c(C)o1. The lowest BCUT2D eigenvalue weighted by Crippen LogP contribution is -2.44. The van der Waals surface area contributed by atoms with Crippen LogP contribution in [0.15, 0.2) is 10.5 Å². The quantitative estimate of drug-likeness (QED) is 0.812. The van der Waals surface area contributed by atoms with Gasteiger partial charge in [0.25, 0.3) is 0 Å². The molecule has 1 aliphatic rings. The lowest BCUT2D eigenvalue weighted by molar-refractivity contribution is 0.243. The fourth-order valence-electron chi connectivity index (χ4n) is 2.15. The maximum atomic E-state index is 5.52. The Hall–Kier alpha value is -0.800. The van der Waals surface area contributed by atoms with E-state index in [0.29, 0.717) is 0 Å². The Labute approximate surface area is 91.4 Å². The first-order valence-corrected chi connectivity index (χ1v) is 5.74. The van der Waals surface area contributed by atoms with Crippen LogP contribution in [0.4, 0.5) is 0 Å². The number of nitrogens with one attached hydrogen (secondary N) is 1.